The number of likely N-dealkylation sites (tertiary alicyclic amines) is 1. The molecule has 4 nitrogen and oxygen atoms in total. The number of amides is 1. The molecule has 1 amide bonds. The third-order valence-corrected chi connectivity index (χ3v) is 5.86. The maximum absolute atomic E-state index is 13.0. The Kier molecular flexibility index (Phi) is 5.23. The van der Waals surface area contributed by atoms with Gasteiger partial charge in [-0.1, -0.05) is 49.2 Å². The summed E-state index contributed by atoms with van der Waals surface area (Å²) >= 11 is 0. The fraction of sp³-hybridized carbons (Fsp3) is 0.391. The molecule has 4 rings (SSSR count). The second kappa shape index (κ2) is 7.95. The Labute approximate surface area is 160 Å². The number of carbonyl (C=O) groups excluding carboxylic acids is 2. The van der Waals surface area contributed by atoms with Gasteiger partial charge in [0.25, 0.3) is 5.91 Å². The van der Waals surface area contributed by atoms with Crippen LogP contribution in [0.4, 0.5) is 0 Å². The third-order valence-electron chi connectivity index (χ3n) is 5.86. The van der Waals surface area contributed by atoms with E-state index in [0.717, 1.165) is 31.2 Å². The molecule has 3 atom stereocenters. The summed E-state index contributed by atoms with van der Waals surface area (Å²) in [5, 5.41) is 0. The highest BCUT2D eigenvalue weighted by molar-refractivity contribution is 5.94. The van der Waals surface area contributed by atoms with Crippen molar-refractivity contribution in [1.29, 1.82) is 0 Å². The summed E-state index contributed by atoms with van der Waals surface area (Å²) < 4.78 is 5.90. The molecule has 0 spiro atoms. The Morgan fingerprint density at radius 2 is 1.44 bits per heavy atom. The molecule has 2 aliphatic rings. The van der Waals surface area contributed by atoms with Crippen molar-refractivity contribution in [2.75, 3.05) is 6.54 Å². The van der Waals surface area contributed by atoms with Gasteiger partial charge in [0.1, 0.15) is 6.10 Å². The number of carbonyl (C=O) groups is 2. The molecular formula is C23H25NO3. The maximum Gasteiger partial charge on any atom is 0.338 e. The molecule has 1 heterocycles. The molecule has 2 aromatic rings. The lowest BCUT2D eigenvalue weighted by molar-refractivity contribution is -0.0447. The van der Waals surface area contributed by atoms with Crippen LogP contribution in [-0.4, -0.2) is 35.5 Å². The van der Waals surface area contributed by atoms with E-state index in [1.807, 2.05) is 53.4 Å². The Hall–Kier alpha value is -2.62. The topological polar surface area (TPSA) is 46.6 Å². The highest BCUT2D eigenvalue weighted by Crippen LogP contribution is 2.38. The summed E-state index contributed by atoms with van der Waals surface area (Å²) in [6.07, 6.45) is 4.85. The molecule has 0 N–H and O–H groups in total. The second-order valence-corrected chi connectivity index (χ2v) is 7.48. The molecule has 27 heavy (non-hydrogen) atoms. The van der Waals surface area contributed by atoms with E-state index < -0.39 is 0 Å². The van der Waals surface area contributed by atoms with E-state index in [0.29, 0.717) is 18.5 Å². The van der Waals surface area contributed by atoms with Crippen molar-refractivity contribution in [2.45, 2.75) is 44.2 Å². The molecule has 0 unspecified atom stereocenters. The zero-order valence-electron chi connectivity index (χ0n) is 15.4. The molecule has 4 heteroatoms. The number of nitrogens with zero attached hydrogens (tertiary/aromatic N) is 1. The lowest BCUT2D eigenvalue weighted by Gasteiger charge is -2.47. The lowest BCUT2D eigenvalue weighted by Crippen LogP contribution is -2.55. The number of benzene rings is 2. The summed E-state index contributed by atoms with van der Waals surface area (Å²) in [4.78, 5) is 27.6. The summed E-state index contributed by atoms with van der Waals surface area (Å²) in [7, 11) is 0. The van der Waals surface area contributed by atoms with Crippen LogP contribution in [0.3, 0.4) is 0 Å². The first-order valence-electron chi connectivity index (χ1n) is 9.86. The lowest BCUT2D eigenvalue weighted by atomic mass is 9.76. The van der Waals surface area contributed by atoms with Gasteiger partial charge in [-0.2, -0.15) is 0 Å². The quantitative estimate of drug-likeness (QED) is 0.763. The SMILES string of the molecule is O=C(O[C@H]1CCN(C(=O)c2ccccc2)[C@H]2CCCC[C@@H]12)c1ccccc1. The molecule has 2 fully saturated rings. The molecular weight excluding hydrogens is 338 g/mol. The van der Waals surface area contributed by atoms with Crippen molar-refractivity contribution >= 4 is 11.9 Å². The zero-order chi connectivity index (χ0) is 18.6. The summed E-state index contributed by atoms with van der Waals surface area (Å²) in [5.41, 5.74) is 1.33. The van der Waals surface area contributed by atoms with Crippen LogP contribution in [0.5, 0.6) is 0 Å². The van der Waals surface area contributed by atoms with Gasteiger partial charge in [0.2, 0.25) is 0 Å². The molecule has 2 aromatic carbocycles. The first-order valence-corrected chi connectivity index (χ1v) is 9.86. The van der Waals surface area contributed by atoms with E-state index >= 15 is 0 Å². The summed E-state index contributed by atoms with van der Waals surface area (Å²) in [6, 6.07) is 18.8. The fourth-order valence-corrected chi connectivity index (χ4v) is 4.53. The highest BCUT2D eigenvalue weighted by Gasteiger charge is 2.43. The highest BCUT2D eigenvalue weighted by atomic mass is 16.5. The van der Waals surface area contributed by atoms with Gasteiger partial charge < -0.3 is 9.64 Å². The van der Waals surface area contributed by atoms with Crippen LogP contribution in [-0.2, 0) is 4.74 Å². The van der Waals surface area contributed by atoms with Crippen LogP contribution in [0.1, 0.15) is 52.8 Å². The van der Waals surface area contributed by atoms with Gasteiger partial charge in [-0.3, -0.25) is 4.79 Å². The normalized spacial score (nSPS) is 24.7. The molecule has 140 valence electrons. The van der Waals surface area contributed by atoms with Crippen molar-refractivity contribution < 1.29 is 14.3 Å². The van der Waals surface area contributed by atoms with Crippen molar-refractivity contribution in [3.05, 3.63) is 71.8 Å². The fourth-order valence-electron chi connectivity index (χ4n) is 4.53. The van der Waals surface area contributed by atoms with Crippen molar-refractivity contribution in [1.82, 2.24) is 4.90 Å². The van der Waals surface area contributed by atoms with Gasteiger partial charge in [0, 0.05) is 30.5 Å². The Balaban J connectivity index is 1.50. The van der Waals surface area contributed by atoms with Crippen LogP contribution in [0.25, 0.3) is 0 Å². The van der Waals surface area contributed by atoms with E-state index in [1.165, 1.54) is 0 Å². The van der Waals surface area contributed by atoms with Gasteiger partial charge in [0.05, 0.1) is 5.56 Å². The number of esters is 1. The van der Waals surface area contributed by atoms with Gasteiger partial charge in [-0.25, -0.2) is 4.79 Å². The number of piperidine rings is 1. The minimum Gasteiger partial charge on any atom is -0.458 e. The zero-order valence-corrected chi connectivity index (χ0v) is 15.4. The van der Waals surface area contributed by atoms with Crippen LogP contribution >= 0.6 is 0 Å². The monoisotopic (exact) mass is 363 g/mol. The maximum atomic E-state index is 13.0. The minimum absolute atomic E-state index is 0.0975. The Morgan fingerprint density at radius 3 is 2.15 bits per heavy atom. The summed E-state index contributed by atoms with van der Waals surface area (Å²) in [5.74, 6) is 0.0703. The predicted molar refractivity (Wildman–Crippen MR) is 103 cm³/mol. The standard InChI is InChI=1S/C23H25NO3/c25-22(17-9-3-1-4-10-17)24-16-15-21(19-13-7-8-14-20(19)24)27-23(26)18-11-5-2-6-12-18/h1-6,9-12,19-21H,7-8,13-16H2/t19-,20+,21+/m1/s1. The number of fused-ring (bicyclic) bond motifs is 1. The van der Waals surface area contributed by atoms with Crippen molar-refractivity contribution in [2.24, 2.45) is 5.92 Å². The number of hydrogen-bond acceptors (Lipinski definition) is 3. The average Bonchev–Trinajstić information content (AvgIpc) is 2.75. The Morgan fingerprint density at radius 1 is 0.815 bits per heavy atom. The molecule has 0 aromatic heterocycles. The molecule has 0 bridgehead atoms. The van der Waals surface area contributed by atoms with E-state index in [1.54, 1.807) is 12.1 Å². The first-order chi connectivity index (χ1) is 13.2. The van der Waals surface area contributed by atoms with Gasteiger partial charge >= 0.3 is 5.97 Å². The van der Waals surface area contributed by atoms with E-state index in [-0.39, 0.29) is 29.9 Å². The third kappa shape index (κ3) is 3.75. The van der Waals surface area contributed by atoms with Crippen molar-refractivity contribution in [3.63, 3.8) is 0 Å². The molecule has 0 radical (unpaired) electrons. The summed E-state index contributed by atoms with van der Waals surface area (Å²) in [6.45, 7) is 0.641. The molecule has 1 aliphatic heterocycles. The largest absolute Gasteiger partial charge is 0.458 e. The van der Waals surface area contributed by atoms with E-state index in [4.69, 9.17) is 4.74 Å². The van der Waals surface area contributed by atoms with Gasteiger partial charge in [-0.05, 0) is 37.1 Å². The molecule has 1 saturated carbocycles. The predicted octanol–water partition coefficient (Wildman–Crippen LogP) is 4.32. The first kappa shape index (κ1) is 17.8. The van der Waals surface area contributed by atoms with Crippen LogP contribution in [0, 0.1) is 5.92 Å². The number of rotatable bonds is 3. The Bertz CT molecular complexity index is 790. The van der Waals surface area contributed by atoms with Gasteiger partial charge in [0.15, 0.2) is 0 Å². The van der Waals surface area contributed by atoms with Crippen LogP contribution in [0.15, 0.2) is 60.7 Å². The molecule has 1 saturated heterocycles. The van der Waals surface area contributed by atoms with Crippen LogP contribution in [0.2, 0.25) is 0 Å². The second-order valence-electron chi connectivity index (χ2n) is 7.48. The van der Waals surface area contributed by atoms with E-state index in [2.05, 4.69) is 0 Å². The van der Waals surface area contributed by atoms with Crippen molar-refractivity contribution in [3.8, 4) is 0 Å². The number of hydrogen-bond donors (Lipinski definition) is 0. The van der Waals surface area contributed by atoms with E-state index in [9.17, 15) is 9.59 Å². The number of ether oxygens (including phenoxy) is 1. The smallest absolute Gasteiger partial charge is 0.338 e. The molecule has 1 aliphatic carbocycles. The van der Waals surface area contributed by atoms with Crippen LogP contribution < -0.4 is 0 Å². The van der Waals surface area contributed by atoms with Gasteiger partial charge in [-0.15, -0.1) is 0 Å². The average molecular weight is 363 g/mol. The minimum atomic E-state index is -0.257.